The molecule has 1 fully saturated rings. The van der Waals surface area contributed by atoms with Crippen LogP contribution >= 0.6 is 0 Å². The van der Waals surface area contributed by atoms with Crippen molar-refractivity contribution >= 4 is 17.9 Å². The highest BCUT2D eigenvalue weighted by Crippen LogP contribution is 2.29. The molecule has 108 valence electrons. The molecule has 1 aliphatic heterocycles. The Bertz CT molecular complexity index is 352. The summed E-state index contributed by atoms with van der Waals surface area (Å²) in [5.74, 6) is -1.27. The summed E-state index contributed by atoms with van der Waals surface area (Å²) < 4.78 is 5.13. The molecule has 0 radical (unpaired) electrons. The molecule has 0 atom stereocenters. The number of carboxylic acid groups (broad SMARTS) is 1. The Hall–Kier alpha value is -1.83. The van der Waals surface area contributed by atoms with Crippen molar-refractivity contribution < 1.29 is 24.2 Å². The highest BCUT2D eigenvalue weighted by atomic mass is 16.5. The SMILES string of the molecule is CNC(=O)CNC(=O)NCC1(C(=O)O)CCOCC1. The molecule has 8 heteroatoms. The first-order valence-electron chi connectivity index (χ1n) is 6.03. The highest BCUT2D eigenvalue weighted by molar-refractivity contribution is 5.84. The second-order valence-electron chi connectivity index (χ2n) is 4.41. The van der Waals surface area contributed by atoms with Gasteiger partial charge in [-0.25, -0.2) is 4.79 Å². The topological polar surface area (TPSA) is 117 Å². The third-order valence-corrected chi connectivity index (χ3v) is 3.18. The largest absolute Gasteiger partial charge is 0.481 e. The van der Waals surface area contributed by atoms with E-state index in [2.05, 4.69) is 16.0 Å². The zero-order valence-corrected chi connectivity index (χ0v) is 10.8. The first kappa shape index (κ1) is 15.2. The summed E-state index contributed by atoms with van der Waals surface area (Å²) in [4.78, 5) is 33.7. The molecule has 1 aliphatic rings. The number of rotatable bonds is 5. The number of carboxylic acids is 1. The van der Waals surface area contributed by atoms with E-state index in [4.69, 9.17) is 4.74 Å². The number of amides is 3. The van der Waals surface area contributed by atoms with E-state index in [0.29, 0.717) is 26.1 Å². The third kappa shape index (κ3) is 4.40. The first-order valence-corrected chi connectivity index (χ1v) is 6.03. The van der Waals surface area contributed by atoms with Gasteiger partial charge < -0.3 is 25.8 Å². The van der Waals surface area contributed by atoms with Crippen molar-refractivity contribution in [3.05, 3.63) is 0 Å². The van der Waals surface area contributed by atoms with Crippen LogP contribution in [0.4, 0.5) is 4.79 Å². The van der Waals surface area contributed by atoms with Crippen LogP contribution in [0.15, 0.2) is 0 Å². The second-order valence-corrected chi connectivity index (χ2v) is 4.41. The Labute approximate surface area is 110 Å². The molecule has 0 aromatic rings. The molecule has 8 nitrogen and oxygen atoms in total. The van der Waals surface area contributed by atoms with Gasteiger partial charge in [0.15, 0.2) is 0 Å². The van der Waals surface area contributed by atoms with Crippen LogP contribution in [-0.4, -0.2) is 56.4 Å². The predicted octanol–water partition coefficient (Wildman–Crippen LogP) is -1.09. The van der Waals surface area contributed by atoms with Gasteiger partial charge in [-0.05, 0) is 12.8 Å². The number of hydrogen-bond donors (Lipinski definition) is 4. The Kier molecular flexibility index (Phi) is 5.56. The molecular formula is C11H19N3O5. The van der Waals surface area contributed by atoms with E-state index < -0.39 is 17.4 Å². The lowest BCUT2D eigenvalue weighted by atomic mass is 9.80. The van der Waals surface area contributed by atoms with E-state index >= 15 is 0 Å². The predicted molar refractivity (Wildman–Crippen MR) is 65.6 cm³/mol. The molecule has 0 saturated carbocycles. The fourth-order valence-corrected chi connectivity index (χ4v) is 1.79. The van der Waals surface area contributed by atoms with Crippen LogP contribution in [0.1, 0.15) is 12.8 Å². The summed E-state index contributed by atoms with van der Waals surface area (Å²) in [7, 11) is 1.46. The molecular weight excluding hydrogens is 254 g/mol. The van der Waals surface area contributed by atoms with E-state index in [9.17, 15) is 19.5 Å². The first-order chi connectivity index (χ1) is 9.00. The molecule has 3 amide bonds. The van der Waals surface area contributed by atoms with Gasteiger partial charge in [0.1, 0.15) is 0 Å². The number of likely N-dealkylation sites (N-methyl/N-ethyl adjacent to an activating group) is 1. The Morgan fingerprint density at radius 2 is 1.84 bits per heavy atom. The van der Waals surface area contributed by atoms with Gasteiger partial charge in [-0.3, -0.25) is 9.59 Å². The number of hydrogen-bond acceptors (Lipinski definition) is 4. The smallest absolute Gasteiger partial charge is 0.315 e. The summed E-state index contributed by atoms with van der Waals surface area (Å²) >= 11 is 0. The molecule has 0 bridgehead atoms. The van der Waals surface area contributed by atoms with Crippen LogP contribution in [0, 0.1) is 5.41 Å². The molecule has 0 aromatic carbocycles. The number of carbonyl (C=O) groups excluding carboxylic acids is 2. The zero-order valence-electron chi connectivity index (χ0n) is 10.8. The lowest BCUT2D eigenvalue weighted by Crippen LogP contribution is -2.49. The average Bonchev–Trinajstić information content (AvgIpc) is 2.43. The summed E-state index contributed by atoms with van der Waals surface area (Å²) in [5.41, 5.74) is -0.984. The van der Waals surface area contributed by atoms with Crippen molar-refractivity contribution in [2.75, 3.05) is 33.4 Å². The van der Waals surface area contributed by atoms with Crippen LogP contribution in [0.3, 0.4) is 0 Å². The number of carbonyl (C=O) groups is 3. The minimum atomic E-state index is -0.984. The van der Waals surface area contributed by atoms with Crippen LogP contribution in [-0.2, 0) is 14.3 Å². The minimum Gasteiger partial charge on any atom is -0.481 e. The maximum Gasteiger partial charge on any atom is 0.315 e. The van der Waals surface area contributed by atoms with Gasteiger partial charge in [-0.2, -0.15) is 0 Å². The second kappa shape index (κ2) is 6.93. The molecule has 0 aliphatic carbocycles. The number of aliphatic carboxylic acids is 1. The average molecular weight is 273 g/mol. The van der Waals surface area contributed by atoms with Crippen LogP contribution in [0.25, 0.3) is 0 Å². The number of urea groups is 1. The summed E-state index contributed by atoms with van der Waals surface area (Å²) in [6.07, 6.45) is 0.718. The molecule has 1 heterocycles. The molecule has 0 aromatic heterocycles. The highest BCUT2D eigenvalue weighted by Gasteiger charge is 2.40. The summed E-state index contributed by atoms with van der Waals surface area (Å²) in [6, 6.07) is -0.560. The fourth-order valence-electron chi connectivity index (χ4n) is 1.79. The molecule has 1 saturated heterocycles. The van der Waals surface area contributed by atoms with Crippen molar-refractivity contribution in [1.29, 1.82) is 0 Å². The standard InChI is InChI=1S/C11H19N3O5/c1-12-8(15)6-13-10(18)14-7-11(9(16)17)2-4-19-5-3-11/h2-7H2,1H3,(H,12,15)(H,16,17)(H2,13,14,18). The van der Waals surface area contributed by atoms with Crippen LogP contribution in [0.2, 0.25) is 0 Å². The van der Waals surface area contributed by atoms with Gasteiger partial charge in [-0.1, -0.05) is 0 Å². The van der Waals surface area contributed by atoms with Crippen molar-refractivity contribution in [3.8, 4) is 0 Å². The summed E-state index contributed by atoms with van der Waals surface area (Å²) in [6.45, 7) is 0.610. The van der Waals surface area contributed by atoms with Crippen LogP contribution < -0.4 is 16.0 Å². The lowest BCUT2D eigenvalue weighted by molar-refractivity contribution is -0.154. The zero-order chi connectivity index (χ0) is 14.3. The Morgan fingerprint density at radius 3 is 2.37 bits per heavy atom. The maximum atomic E-state index is 11.4. The van der Waals surface area contributed by atoms with Crippen molar-refractivity contribution in [1.82, 2.24) is 16.0 Å². The van der Waals surface area contributed by atoms with Gasteiger partial charge >= 0.3 is 12.0 Å². The quantitative estimate of drug-likeness (QED) is 0.508. The van der Waals surface area contributed by atoms with E-state index in [1.165, 1.54) is 7.05 Å². The van der Waals surface area contributed by atoms with E-state index in [1.54, 1.807) is 0 Å². The van der Waals surface area contributed by atoms with Gasteiger partial charge in [0, 0.05) is 26.8 Å². The van der Waals surface area contributed by atoms with Crippen LogP contribution in [0.5, 0.6) is 0 Å². The van der Waals surface area contributed by atoms with Gasteiger partial charge in [-0.15, -0.1) is 0 Å². The Balaban J connectivity index is 2.41. The lowest BCUT2D eigenvalue weighted by Gasteiger charge is -2.33. The monoisotopic (exact) mass is 273 g/mol. The maximum absolute atomic E-state index is 11.4. The number of nitrogens with one attached hydrogen (secondary N) is 3. The molecule has 4 N–H and O–H groups in total. The van der Waals surface area contributed by atoms with E-state index in [1.807, 2.05) is 0 Å². The summed E-state index contributed by atoms with van der Waals surface area (Å²) in [5, 5.41) is 16.5. The van der Waals surface area contributed by atoms with E-state index in [-0.39, 0.29) is 19.0 Å². The number of ether oxygens (including phenoxy) is 1. The van der Waals surface area contributed by atoms with E-state index in [0.717, 1.165) is 0 Å². The van der Waals surface area contributed by atoms with Gasteiger partial charge in [0.05, 0.1) is 12.0 Å². The van der Waals surface area contributed by atoms with Crippen molar-refractivity contribution in [3.63, 3.8) is 0 Å². The molecule has 0 spiro atoms. The van der Waals surface area contributed by atoms with Crippen molar-refractivity contribution in [2.24, 2.45) is 5.41 Å². The van der Waals surface area contributed by atoms with Gasteiger partial charge in [0.2, 0.25) is 5.91 Å². The minimum absolute atomic E-state index is 0.0191. The normalized spacial score (nSPS) is 17.3. The third-order valence-electron chi connectivity index (χ3n) is 3.18. The van der Waals surface area contributed by atoms with Gasteiger partial charge in [0.25, 0.3) is 0 Å². The molecule has 0 unspecified atom stereocenters. The molecule has 19 heavy (non-hydrogen) atoms. The molecule has 1 rings (SSSR count). The fraction of sp³-hybridized carbons (Fsp3) is 0.727. The van der Waals surface area contributed by atoms with Crippen molar-refractivity contribution in [2.45, 2.75) is 12.8 Å². The Morgan fingerprint density at radius 1 is 1.21 bits per heavy atom.